The van der Waals surface area contributed by atoms with Crippen LogP contribution in [0, 0.1) is 20.8 Å². The quantitative estimate of drug-likeness (QED) is 0.00847. The van der Waals surface area contributed by atoms with E-state index in [1.807, 2.05) is 52.0 Å². The van der Waals surface area contributed by atoms with Crippen molar-refractivity contribution in [2.75, 3.05) is 96.2 Å². The van der Waals surface area contributed by atoms with Crippen LogP contribution in [-0.4, -0.2) is 328 Å². The van der Waals surface area contributed by atoms with Gasteiger partial charge in [0.15, 0.2) is 105 Å². The van der Waals surface area contributed by atoms with Crippen molar-refractivity contribution in [3.63, 3.8) is 0 Å². The predicted molar refractivity (Wildman–Crippen MR) is 520 cm³/mol. The molecular weight excluding hydrogens is 1950 g/mol. The number of aliphatic hydroxyl groups is 4. The van der Waals surface area contributed by atoms with Crippen molar-refractivity contribution in [2.24, 2.45) is 0 Å². The number of nitrogens with zero attached hydrogens (tertiary/aromatic N) is 15. The SMILES string of the molecule is CC(=O)O.CC(=O)OC(C)=O.CC[C@H]1O[C@@H](n2cnc3c(=O)[nH]c(N)nc32)[C@@H](OC)C1OC(C)=O.CC[C@H]1O[C@@H](n2cnc3c(=O)[nH]c(NC)nc32)[C@@H](OC)C1OC(C)=O.CC[C@H]1O[C@@H](n2cnc3c(=O)[nH]c(NCSc4ccc(C)cc4)nc32)[C@@H](OC)C1OC(C)=O.CNc1nc2c(ncn2[C@@H]2O[C@H](CO)C(O)[C@@H]2OC)c(=O)[nH]1.CO[C@H]1C(O)[C@@H](CO)O[C@H]1n1cnc2c(=O)[nH]c(N)nc21.Cc1ccc(C)cc1.[B].[H-].[Na+]. The Hall–Kier alpha value is -12.9. The number of nitrogens with two attached hydrogens (primary N) is 2. The van der Waals surface area contributed by atoms with Gasteiger partial charge in [-0.25, -0.2) is 24.9 Å². The first-order valence-corrected chi connectivity index (χ1v) is 45.7. The van der Waals surface area contributed by atoms with E-state index < -0.39 is 151 Å². The van der Waals surface area contributed by atoms with E-state index in [1.54, 1.807) is 39.6 Å². The molecule has 787 valence electrons. The minimum Gasteiger partial charge on any atom is -1.00 e. The number of benzene rings is 2. The number of aliphatic hydroxyl groups excluding tert-OH is 4. The molecule has 0 bridgehead atoms. The van der Waals surface area contributed by atoms with Gasteiger partial charge in [-0.2, -0.15) is 24.9 Å². The molecule has 55 nitrogen and oxygen atoms in total. The topological polar surface area (TPSA) is 739 Å². The van der Waals surface area contributed by atoms with Gasteiger partial charge < -0.3 is 121 Å². The number of nitrogen functional groups attached to an aromatic ring is 2. The number of aromatic amines is 5. The first-order chi connectivity index (χ1) is 68.7. The standard InChI is InChI=1S/C22H27N5O5S.C15H21N5O5.C14H19N5O5.C12H17N5O5.C11H15N5O5.C8H10.C4H6O3.C2H4O2.B.Na.H/c1-5-15-17(31-13(3)28)18(30-4)21(32-15)27-10-23-16-19(27)25-22(26-20(16)29)24-11-33-14-8-6-12(2)7-9-14;1-5-8-10(24-7(2)21)11(23-4)14(25-8)20-6-17-9-12(20)18-15(16-3)19-13(9)22;1-4-7-9(23-6(2)20)10(22-3)13(24-7)19-5-16-8-11(19)17-14(15)18-12(8)21;1-13-12-15-9-6(10(20)16-12)14-4-17(9)11-8(21-2)7(19)5(3-18)22-11;1-20-7-6(18)4(2-17)21-10(7)16-3-13-5-8(16)14-11(12)15-9(5)19;1-7-3-5-8(2)6-4-7;1-3(5)7-4(2)6;1-2(3)4;;;/h6-10,15,17-18,21H,5,11H2,1-4H3,(H2,24,25,26,29);6,8,10-11,14H,5H2,1-4H3,(H2,16,18,19,22);5,7,9-10,13H,4H2,1-3H3,(H3,15,17,18,21);4-5,7-8,11,18-19H,3H2,1-2H3,(H2,13,15,16,20);3-4,6-7,10,17-18H,2H2,1H3,(H3,12,14,15,19);3-6H,1-2H3;1-2H3;1H3,(H,3,4);;;/q;;;;;;;;;+1;-1/t15-,17?,18+,21-;8-,10?,11+,14-;7-,9?,10+,13-;5-,7?,8+,11-;4-,6?,7+,10-;;;;;;/m11111....../s1. The molecule has 17 N–H and O–H groups in total. The molecule has 146 heavy (non-hydrogen) atoms. The van der Waals surface area contributed by atoms with Crippen LogP contribution in [0.5, 0.6) is 0 Å². The van der Waals surface area contributed by atoms with Gasteiger partial charge in [0, 0.05) is 104 Å². The number of ether oxygens (including phenoxy) is 14. The summed E-state index contributed by atoms with van der Waals surface area (Å²) in [6.45, 7) is 18.8. The van der Waals surface area contributed by atoms with Crippen LogP contribution in [0.25, 0.3) is 55.8 Å². The summed E-state index contributed by atoms with van der Waals surface area (Å²) in [4.78, 5) is 179. The Morgan fingerprint density at radius 2 is 0.651 bits per heavy atom. The number of carboxylic acid groups (broad SMARTS) is 1. The maximum Gasteiger partial charge on any atom is 1.00 e. The van der Waals surface area contributed by atoms with E-state index in [2.05, 4.69) is 134 Å². The Kier molecular flexibility index (Phi) is 44.1. The molecule has 17 rings (SSSR count). The number of hydrogen-bond donors (Lipinski definition) is 15. The number of carboxylic acids is 1. The smallest absolute Gasteiger partial charge is 1.00 e. The van der Waals surface area contributed by atoms with E-state index in [4.69, 9.17) is 82.9 Å². The molecule has 58 heteroatoms. The van der Waals surface area contributed by atoms with E-state index in [-0.39, 0.29) is 144 Å². The third-order valence-electron chi connectivity index (χ3n) is 22.4. The molecule has 5 saturated heterocycles. The first-order valence-electron chi connectivity index (χ1n) is 44.7. The molecule has 2 aromatic carbocycles. The molecule has 15 heterocycles. The normalized spacial score (nSPS) is 23.5. The van der Waals surface area contributed by atoms with Crippen molar-refractivity contribution in [1.29, 1.82) is 0 Å². The number of thioether (sulfide) groups is 1. The molecule has 0 spiro atoms. The number of hydrogen-bond acceptors (Lipinski definition) is 45. The number of imidazole rings is 5. The summed E-state index contributed by atoms with van der Waals surface area (Å²) < 4.78 is 84.6. The van der Waals surface area contributed by atoms with Gasteiger partial charge in [-0.1, -0.05) is 73.9 Å². The van der Waals surface area contributed by atoms with Crippen LogP contribution in [0.3, 0.4) is 0 Å². The number of rotatable bonds is 24. The van der Waals surface area contributed by atoms with Crippen LogP contribution in [0.15, 0.2) is 109 Å². The largest absolute Gasteiger partial charge is 1.00 e. The van der Waals surface area contributed by atoms with Crippen molar-refractivity contribution in [3.05, 3.63) is 149 Å². The van der Waals surface area contributed by atoms with Crippen LogP contribution < -0.4 is 84.8 Å². The van der Waals surface area contributed by atoms with Crippen LogP contribution in [0.2, 0.25) is 0 Å². The molecule has 0 amide bonds. The van der Waals surface area contributed by atoms with Crippen molar-refractivity contribution < 1.29 is 152 Å². The average Bonchev–Trinajstić information content (AvgIpc) is 1.62. The Balaban J connectivity index is 0.000000238. The van der Waals surface area contributed by atoms with Gasteiger partial charge in [-0.3, -0.25) is 100 Å². The summed E-state index contributed by atoms with van der Waals surface area (Å²) in [7, 11) is 10.7. The Morgan fingerprint density at radius 1 is 0.404 bits per heavy atom. The van der Waals surface area contributed by atoms with Crippen molar-refractivity contribution in [3.8, 4) is 0 Å². The molecule has 12 aromatic rings. The molecule has 5 fully saturated rings. The van der Waals surface area contributed by atoms with Crippen LogP contribution in [0.4, 0.5) is 29.7 Å². The maximum atomic E-state index is 12.6. The van der Waals surface area contributed by atoms with Crippen molar-refractivity contribution in [2.45, 2.75) is 230 Å². The second kappa shape index (κ2) is 54.5. The van der Waals surface area contributed by atoms with Crippen LogP contribution in [0.1, 0.15) is 131 Å². The number of aliphatic carboxylic acids is 1. The molecule has 5 aliphatic heterocycles. The molecule has 0 saturated carbocycles. The summed E-state index contributed by atoms with van der Waals surface area (Å²) in [5, 5.41) is 54.7. The van der Waals surface area contributed by atoms with Gasteiger partial charge in [0.1, 0.15) is 54.9 Å². The molecule has 10 aromatic heterocycles. The summed E-state index contributed by atoms with van der Waals surface area (Å²) in [5.74, 6) is -1.84. The molecule has 3 radical (unpaired) electrons. The summed E-state index contributed by atoms with van der Waals surface area (Å²) in [6.07, 6.45) is -3.87. The Labute approximate surface area is 860 Å². The van der Waals surface area contributed by atoms with Crippen molar-refractivity contribution in [1.82, 2.24) is 97.6 Å². The number of aryl methyl sites for hydroxylation is 3. The minimum atomic E-state index is -1.01. The second-order valence-electron chi connectivity index (χ2n) is 32.4. The maximum absolute atomic E-state index is 12.6. The van der Waals surface area contributed by atoms with Gasteiger partial charge in [0.25, 0.3) is 33.8 Å². The zero-order valence-corrected chi connectivity index (χ0v) is 86.4. The fourth-order valence-electron chi connectivity index (χ4n) is 15.8. The summed E-state index contributed by atoms with van der Waals surface area (Å²) in [5.41, 5.74) is 15.3. The van der Waals surface area contributed by atoms with Gasteiger partial charge in [-0.15, -0.1) is 11.8 Å². The zero-order chi connectivity index (χ0) is 106. The molecule has 0 aliphatic carbocycles. The number of aromatic nitrogens is 20. The number of esters is 5. The Bertz CT molecular complexity index is 6670. The van der Waals surface area contributed by atoms with Gasteiger partial charge in [0.05, 0.1) is 69.0 Å². The molecule has 5 aliphatic rings. The first kappa shape index (κ1) is 118. The number of fused-ring (bicyclic) bond motifs is 5. The van der Waals surface area contributed by atoms with E-state index in [1.165, 1.54) is 128 Å². The third-order valence-corrected chi connectivity index (χ3v) is 23.3. The number of anilines is 5. The molecule has 20 atom stereocenters. The van der Waals surface area contributed by atoms with E-state index in [9.17, 15) is 68.4 Å². The summed E-state index contributed by atoms with van der Waals surface area (Å²) >= 11 is 1.59. The zero-order valence-electron chi connectivity index (χ0n) is 84.6. The summed E-state index contributed by atoms with van der Waals surface area (Å²) in [6, 6.07) is 16.7. The van der Waals surface area contributed by atoms with Gasteiger partial charge >= 0.3 is 59.4 Å². The third kappa shape index (κ3) is 28.7. The average molecular weight is 2070 g/mol. The second-order valence-corrected chi connectivity index (χ2v) is 33.5. The van der Waals surface area contributed by atoms with Crippen LogP contribution >= 0.6 is 11.8 Å². The number of nitrogens with one attached hydrogen (secondary N) is 8. The number of methoxy groups -OCH3 is 5. The van der Waals surface area contributed by atoms with E-state index >= 15 is 0 Å². The fourth-order valence-corrected chi connectivity index (χ4v) is 16.5. The van der Waals surface area contributed by atoms with E-state index in [0.29, 0.717) is 54.0 Å². The minimum absolute atomic E-state index is 0. The monoisotopic (exact) mass is 2070 g/mol. The fraction of sp³-hybridized carbons (Fsp3) is 0.511. The number of H-pyrrole nitrogens is 5. The van der Waals surface area contributed by atoms with E-state index in [0.717, 1.165) is 11.8 Å². The number of carbonyl (C=O) groups is 6. The number of carbonyl (C=O) groups excluding carboxylic acids is 5. The van der Waals surface area contributed by atoms with Crippen LogP contribution in [-0.2, 0) is 95.1 Å². The molecular formula is C88H120BN25NaO30S. The van der Waals surface area contributed by atoms with Gasteiger partial charge in [-0.05, 0) is 52.2 Å². The van der Waals surface area contributed by atoms with Crippen molar-refractivity contribution >= 4 is 142 Å². The van der Waals surface area contributed by atoms with Gasteiger partial charge in [0.2, 0.25) is 29.7 Å². The Morgan fingerprint density at radius 3 is 0.897 bits per heavy atom. The predicted octanol–water partition coefficient (Wildman–Crippen LogP) is -1.16. The molecule has 5 unspecified atom stereocenters.